The predicted molar refractivity (Wildman–Crippen MR) is 69.1 cm³/mol. The third-order valence-corrected chi connectivity index (χ3v) is 2.56. The van der Waals surface area contributed by atoms with Gasteiger partial charge in [0.25, 0.3) is 6.47 Å². The second-order valence-corrected chi connectivity index (χ2v) is 5.45. The monoisotopic (exact) mass is 259 g/mol. The lowest BCUT2D eigenvalue weighted by molar-refractivity contribution is -0.147. The SMILES string of the molecule is CC(C)(C)OC=O.COC(=O)C1CCCN(C)C1. The van der Waals surface area contributed by atoms with Crippen LogP contribution in [0.3, 0.4) is 0 Å². The maximum atomic E-state index is 11.1. The lowest BCUT2D eigenvalue weighted by Gasteiger charge is -2.27. The van der Waals surface area contributed by atoms with Gasteiger partial charge >= 0.3 is 5.97 Å². The van der Waals surface area contributed by atoms with E-state index in [9.17, 15) is 9.59 Å². The maximum Gasteiger partial charge on any atom is 0.309 e. The Hall–Kier alpha value is -1.10. The molecule has 1 aliphatic rings. The summed E-state index contributed by atoms with van der Waals surface area (Å²) in [6.45, 7) is 7.88. The van der Waals surface area contributed by atoms with Crippen LogP contribution in [0.5, 0.6) is 0 Å². The molecule has 0 aromatic rings. The van der Waals surface area contributed by atoms with E-state index in [2.05, 4.69) is 14.4 Å². The largest absolute Gasteiger partial charge is 0.469 e. The van der Waals surface area contributed by atoms with Crippen LogP contribution in [0.15, 0.2) is 0 Å². The lowest BCUT2D eigenvalue weighted by Crippen LogP contribution is -2.36. The summed E-state index contributed by atoms with van der Waals surface area (Å²) in [5, 5.41) is 0. The van der Waals surface area contributed by atoms with Crippen LogP contribution in [0.2, 0.25) is 0 Å². The third kappa shape index (κ3) is 8.06. The number of rotatable bonds is 2. The number of piperidine rings is 1. The summed E-state index contributed by atoms with van der Waals surface area (Å²) in [6.07, 6.45) is 2.09. The van der Waals surface area contributed by atoms with E-state index in [1.807, 2.05) is 27.8 Å². The summed E-state index contributed by atoms with van der Waals surface area (Å²) in [5.74, 6) is 0.0512. The normalized spacial score (nSPS) is 20.4. The molecule has 0 radical (unpaired) electrons. The second-order valence-electron chi connectivity index (χ2n) is 5.45. The van der Waals surface area contributed by atoms with Gasteiger partial charge in [-0.15, -0.1) is 0 Å². The van der Waals surface area contributed by atoms with Crippen LogP contribution in [0, 0.1) is 5.92 Å². The van der Waals surface area contributed by atoms with Crippen LogP contribution in [-0.2, 0) is 19.1 Å². The number of methoxy groups -OCH3 is 1. The van der Waals surface area contributed by atoms with Gasteiger partial charge in [-0.25, -0.2) is 0 Å². The van der Waals surface area contributed by atoms with E-state index in [0.717, 1.165) is 25.9 Å². The molecular formula is C13H25NO4. The molecule has 1 saturated heterocycles. The van der Waals surface area contributed by atoms with Gasteiger partial charge in [-0.2, -0.15) is 0 Å². The van der Waals surface area contributed by atoms with Gasteiger partial charge in [-0.05, 0) is 47.2 Å². The smallest absolute Gasteiger partial charge is 0.309 e. The molecule has 0 amide bonds. The molecule has 1 fully saturated rings. The van der Waals surface area contributed by atoms with E-state index in [0.29, 0.717) is 6.47 Å². The molecule has 1 heterocycles. The molecule has 1 rings (SSSR count). The molecule has 18 heavy (non-hydrogen) atoms. The van der Waals surface area contributed by atoms with E-state index < -0.39 is 0 Å². The summed E-state index contributed by atoms with van der Waals surface area (Å²) in [7, 11) is 3.49. The number of carbonyl (C=O) groups excluding carboxylic acids is 2. The minimum absolute atomic E-state index is 0.0587. The highest BCUT2D eigenvalue weighted by atomic mass is 16.5. The zero-order valence-corrected chi connectivity index (χ0v) is 12.1. The molecule has 1 unspecified atom stereocenters. The van der Waals surface area contributed by atoms with E-state index in [1.165, 1.54) is 7.11 Å². The molecule has 0 N–H and O–H groups in total. The molecule has 0 bridgehead atoms. The van der Waals surface area contributed by atoms with Gasteiger partial charge < -0.3 is 14.4 Å². The van der Waals surface area contributed by atoms with Crippen molar-refractivity contribution < 1.29 is 19.1 Å². The lowest BCUT2D eigenvalue weighted by atomic mass is 9.99. The number of nitrogens with zero attached hydrogens (tertiary/aromatic N) is 1. The van der Waals surface area contributed by atoms with Crippen LogP contribution in [0.1, 0.15) is 33.6 Å². The minimum atomic E-state index is -0.318. The van der Waals surface area contributed by atoms with Crippen molar-refractivity contribution in [3.63, 3.8) is 0 Å². The molecule has 1 atom stereocenters. The zero-order chi connectivity index (χ0) is 14.2. The van der Waals surface area contributed by atoms with Gasteiger partial charge in [0.1, 0.15) is 5.60 Å². The fraction of sp³-hybridized carbons (Fsp3) is 0.846. The number of hydrogen-bond donors (Lipinski definition) is 0. The molecule has 0 saturated carbocycles. The first-order valence-corrected chi connectivity index (χ1v) is 6.18. The molecular weight excluding hydrogens is 234 g/mol. The molecule has 0 spiro atoms. The fourth-order valence-corrected chi connectivity index (χ4v) is 1.67. The molecule has 106 valence electrons. The average Bonchev–Trinajstić information content (AvgIpc) is 2.27. The van der Waals surface area contributed by atoms with Gasteiger partial charge in [0.05, 0.1) is 13.0 Å². The number of likely N-dealkylation sites (tertiary alicyclic amines) is 1. The van der Waals surface area contributed by atoms with Crippen molar-refractivity contribution in [1.82, 2.24) is 4.90 Å². The van der Waals surface area contributed by atoms with Crippen molar-refractivity contribution in [2.75, 3.05) is 27.2 Å². The van der Waals surface area contributed by atoms with Gasteiger partial charge in [0.2, 0.25) is 0 Å². The number of esters is 1. The Bertz CT molecular complexity index is 260. The second kappa shape index (κ2) is 8.08. The number of ether oxygens (including phenoxy) is 2. The molecule has 5 nitrogen and oxygen atoms in total. The summed E-state index contributed by atoms with van der Waals surface area (Å²) in [5.41, 5.74) is -0.318. The van der Waals surface area contributed by atoms with Crippen molar-refractivity contribution >= 4 is 12.4 Å². The fourth-order valence-electron chi connectivity index (χ4n) is 1.67. The summed E-state index contributed by atoms with van der Waals surface area (Å²) in [6, 6.07) is 0. The van der Waals surface area contributed by atoms with Crippen LogP contribution in [0.4, 0.5) is 0 Å². The molecule has 0 aliphatic carbocycles. The number of hydrogen-bond acceptors (Lipinski definition) is 5. The Morgan fingerprint density at radius 3 is 2.33 bits per heavy atom. The predicted octanol–water partition coefficient (Wildman–Crippen LogP) is 1.46. The Morgan fingerprint density at radius 1 is 1.39 bits per heavy atom. The molecule has 1 aliphatic heterocycles. The Labute approximate surface area is 109 Å². The molecule has 0 aromatic heterocycles. The minimum Gasteiger partial charge on any atom is -0.469 e. The summed E-state index contributed by atoms with van der Waals surface area (Å²) >= 11 is 0. The van der Waals surface area contributed by atoms with Gasteiger partial charge in [-0.1, -0.05) is 0 Å². The first-order valence-electron chi connectivity index (χ1n) is 6.18. The maximum absolute atomic E-state index is 11.1. The van der Waals surface area contributed by atoms with Crippen molar-refractivity contribution in [3.05, 3.63) is 0 Å². The topological polar surface area (TPSA) is 55.8 Å². The molecule has 5 heteroatoms. The van der Waals surface area contributed by atoms with Crippen LogP contribution in [-0.4, -0.2) is 50.2 Å². The highest BCUT2D eigenvalue weighted by Crippen LogP contribution is 2.15. The van der Waals surface area contributed by atoms with Crippen molar-refractivity contribution in [3.8, 4) is 0 Å². The van der Waals surface area contributed by atoms with Crippen molar-refractivity contribution in [2.24, 2.45) is 5.92 Å². The van der Waals surface area contributed by atoms with Crippen molar-refractivity contribution in [2.45, 2.75) is 39.2 Å². The van der Waals surface area contributed by atoms with Crippen LogP contribution < -0.4 is 0 Å². The van der Waals surface area contributed by atoms with Gasteiger partial charge in [0, 0.05) is 6.54 Å². The van der Waals surface area contributed by atoms with Crippen LogP contribution in [0.25, 0.3) is 0 Å². The zero-order valence-electron chi connectivity index (χ0n) is 12.1. The van der Waals surface area contributed by atoms with Crippen LogP contribution >= 0.6 is 0 Å². The summed E-state index contributed by atoms with van der Waals surface area (Å²) < 4.78 is 9.22. The average molecular weight is 259 g/mol. The first kappa shape index (κ1) is 16.9. The van der Waals surface area contributed by atoms with Crippen molar-refractivity contribution in [1.29, 1.82) is 0 Å². The van der Waals surface area contributed by atoms with Gasteiger partial charge in [0.15, 0.2) is 0 Å². The van der Waals surface area contributed by atoms with E-state index in [-0.39, 0.29) is 17.5 Å². The molecule has 0 aromatic carbocycles. The third-order valence-electron chi connectivity index (χ3n) is 2.56. The standard InChI is InChI=1S/C8H15NO2.C5H10O2/c1-9-5-3-4-7(6-9)8(10)11-2;1-5(2,3)7-4-6/h7H,3-6H2,1-2H3;4H,1-3H3. The Morgan fingerprint density at radius 2 is 2.00 bits per heavy atom. The van der Waals surface area contributed by atoms with Gasteiger partial charge in [-0.3, -0.25) is 9.59 Å². The van der Waals surface area contributed by atoms with E-state index >= 15 is 0 Å². The first-order chi connectivity index (χ1) is 8.30. The van der Waals surface area contributed by atoms with E-state index in [4.69, 9.17) is 0 Å². The highest BCUT2D eigenvalue weighted by molar-refractivity contribution is 5.72. The Balaban J connectivity index is 0.000000360. The Kier molecular flexibility index (Phi) is 7.59. The highest BCUT2D eigenvalue weighted by Gasteiger charge is 2.23. The van der Waals surface area contributed by atoms with E-state index in [1.54, 1.807) is 0 Å². The number of carbonyl (C=O) groups is 2. The quantitative estimate of drug-likeness (QED) is 0.555. The summed E-state index contributed by atoms with van der Waals surface area (Å²) in [4.78, 5) is 22.8.